The van der Waals surface area contributed by atoms with Gasteiger partial charge in [-0.1, -0.05) is 23.7 Å². The number of halogens is 1. The van der Waals surface area contributed by atoms with Crippen molar-refractivity contribution in [3.63, 3.8) is 0 Å². The van der Waals surface area contributed by atoms with Gasteiger partial charge in [0, 0.05) is 17.3 Å². The van der Waals surface area contributed by atoms with Crippen LogP contribution in [0.3, 0.4) is 0 Å². The van der Waals surface area contributed by atoms with Gasteiger partial charge in [-0.25, -0.2) is 0 Å². The van der Waals surface area contributed by atoms with E-state index in [0.29, 0.717) is 27.7 Å². The summed E-state index contributed by atoms with van der Waals surface area (Å²) >= 11 is 6.09. The quantitative estimate of drug-likeness (QED) is 0.851. The number of hydrogen-bond donors (Lipinski definition) is 2. The minimum absolute atomic E-state index is 0.285. The van der Waals surface area contributed by atoms with E-state index < -0.39 is 0 Å². The van der Waals surface area contributed by atoms with Crippen LogP contribution < -0.4 is 15.8 Å². The number of aryl methyl sites for hydroxylation is 1. The highest BCUT2D eigenvalue weighted by Crippen LogP contribution is 2.26. The second-order valence-electron chi connectivity index (χ2n) is 4.38. The molecule has 0 fully saturated rings. The monoisotopic (exact) mass is 290 g/mol. The predicted molar refractivity (Wildman–Crippen MR) is 81.5 cm³/mol. The molecule has 0 radical (unpaired) electrons. The van der Waals surface area contributed by atoms with E-state index in [1.165, 1.54) is 7.11 Å². The smallest absolute Gasteiger partial charge is 0.255 e. The van der Waals surface area contributed by atoms with Gasteiger partial charge in [0.2, 0.25) is 0 Å². The van der Waals surface area contributed by atoms with Gasteiger partial charge < -0.3 is 15.8 Å². The van der Waals surface area contributed by atoms with Crippen molar-refractivity contribution in [3.8, 4) is 5.75 Å². The predicted octanol–water partition coefficient (Wildman–Crippen LogP) is 3.49. The van der Waals surface area contributed by atoms with Crippen molar-refractivity contribution in [2.45, 2.75) is 6.92 Å². The molecule has 0 bridgehead atoms. The van der Waals surface area contributed by atoms with E-state index in [9.17, 15) is 4.79 Å². The van der Waals surface area contributed by atoms with Gasteiger partial charge >= 0.3 is 0 Å². The number of nitrogen functional groups attached to an aromatic ring is 1. The normalized spacial score (nSPS) is 10.2. The van der Waals surface area contributed by atoms with Crippen LogP contribution in [0, 0.1) is 6.92 Å². The maximum absolute atomic E-state index is 12.3. The lowest BCUT2D eigenvalue weighted by Crippen LogP contribution is -2.13. The number of rotatable bonds is 3. The molecule has 0 aromatic heterocycles. The molecule has 104 valence electrons. The van der Waals surface area contributed by atoms with E-state index in [1.807, 2.05) is 19.1 Å². The van der Waals surface area contributed by atoms with E-state index >= 15 is 0 Å². The molecule has 2 rings (SSSR count). The number of para-hydroxylation sites is 1. The SMILES string of the molecule is COc1cc(N)cc(C(=O)Nc2c(C)cccc2Cl)c1. The van der Waals surface area contributed by atoms with Gasteiger partial charge in [0.15, 0.2) is 0 Å². The third kappa shape index (κ3) is 3.03. The zero-order valence-corrected chi connectivity index (χ0v) is 12.0. The number of anilines is 2. The van der Waals surface area contributed by atoms with Crippen molar-refractivity contribution in [1.29, 1.82) is 0 Å². The van der Waals surface area contributed by atoms with Crippen LogP contribution in [0.5, 0.6) is 5.75 Å². The van der Waals surface area contributed by atoms with Gasteiger partial charge in [-0.05, 0) is 30.7 Å². The lowest BCUT2D eigenvalue weighted by molar-refractivity contribution is 0.102. The van der Waals surface area contributed by atoms with Gasteiger partial charge in [0.05, 0.1) is 17.8 Å². The zero-order valence-electron chi connectivity index (χ0n) is 11.2. The zero-order chi connectivity index (χ0) is 14.7. The topological polar surface area (TPSA) is 64.3 Å². The highest BCUT2D eigenvalue weighted by molar-refractivity contribution is 6.34. The molecule has 0 unspecified atom stereocenters. The Balaban J connectivity index is 2.31. The van der Waals surface area contributed by atoms with Crippen LogP contribution in [0.4, 0.5) is 11.4 Å². The molecule has 0 saturated heterocycles. The molecular formula is C15H15ClN2O2. The molecule has 3 N–H and O–H groups in total. The molecule has 2 aromatic rings. The number of amides is 1. The minimum Gasteiger partial charge on any atom is -0.497 e. The van der Waals surface area contributed by atoms with E-state index in [-0.39, 0.29) is 5.91 Å². The van der Waals surface area contributed by atoms with Gasteiger partial charge in [-0.3, -0.25) is 4.79 Å². The molecule has 0 heterocycles. The Kier molecular flexibility index (Phi) is 4.15. The molecule has 0 atom stereocenters. The first-order chi connectivity index (χ1) is 9.51. The van der Waals surface area contributed by atoms with Crippen LogP contribution in [0.2, 0.25) is 5.02 Å². The van der Waals surface area contributed by atoms with E-state index in [2.05, 4.69) is 5.32 Å². The van der Waals surface area contributed by atoms with Gasteiger partial charge in [-0.15, -0.1) is 0 Å². The van der Waals surface area contributed by atoms with Crippen molar-refractivity contribution in [1.82, 2.24) is 0 Å². The van der Waals surface area contributed by atoms with Crippen LogP contribution in [0.1, 0.15) is 15.9 Å². The van der Waals surface area contributed by atoms with Crippen LogP contribution in [-0.4, -0.2) is 13.0 Å². The van der Waals surface area contributed by atoms with Gasteiger partial charge in [0.25, 0.3) is 5.91 Å². The summed E-state index contributed by atoms with van der Waals surface area (Å²) in [6.07, 6.45) is 0. The third-order valence-electron chi connectivity index (χ3n) is 2.89. The summed E-state index contributed by atoms with van der Waals surface area (Å²) in [5.41, 5.74) is 8.11. The summed E-state index contributed by atoms with van der Waals surface area (Å²) < 4.78 is 5.10. The summed E-state index contributed by atoms with van der Waals surface area (Å²) in [5, 5.41) is 3.29. The number of nitrogens with two attached hydrogens (primary N) is 1. The summed E-state index contributed by atoms with van der Waals surface area (Å²) in [4.78, 5) is 12.3. The van der Waals surface area contributed by atoms with E-state index in [1.54, 1.807) is 24.3 Å². The Hall–Kier alpha value is -2.20. The van der Waals surface area contributed by atoms with Gasteiger partial charge in [0.1, 0.15) is 5.75 Å². The number of ether oxygens (including phenoxy) is 1. The Labute approximate surface area is 122 Å². The Morgan fingerprint density at radius 2 is 2.05 bits per heavy atom. The number of carbonyl (C=O) groups excluding carboxylic acids is 1. The summed E-state index contributed by atoms with van der Waals surface area (Å²) in [5.74, 6) is 0.248. The van der Waals surface area contributed by atoms with Crippen LogP contribution >= 0.6 is 11.6 Å². The average molecular weight is 291 g/mol. The standard InChI is InChI=1S/C15H15ClN2O2/c1-9-4-3-5-13(16)14(9)18-15(19)10-6-11(17)8-12(7-10)20-2/h3-8H,17H2,1-2H3,(H,18,19). The molecule has 2 aromatic carbocycles. The molecule has 0 aliphatic carbocycles. The van der Waals surface area contributed by atoms with Crippen molar-refractivity contribution in [2.75, 3.05) is 18.2 Å². The van der Waals surface area contributed by atoms with Crippen molar-refractivity contribution >= 4 is 28.9 Å². The first-order valence-electron chi connectivity index (χ1n) is 6.02. The summed E-state index contributed by atoms with van der Waals surface area (Å²) in [6.45, 7) is 1.88. The number of methoxy groups -OCH3 is 1. The number of nitrogens with one attached hydrogen (secondary N) is 1. The van der Waals surface area contributed by atoms with Crippen LogP contribution in [0.15, 0.2) is 36.4 Å². The molecule has 4 nitrogen and oxygen atoms in total. The summed E-state index contributed by atoms with van der Waals surface area (Å²) in [7, 11) is 1.52. The lowest BCUT2D eigenvalue weighted by Gasteiger charge is -2.11. The fourth-order valence-corrected chi connectivity index (χ4v) is 2.12. The fourth-order valence-electron chi connectivity index (χ4n) is 1.85. The van der Waals surface area contributed by atoms with Crippen molar-refractivity contribution in [3.05, 3.63) is 52.5 Å². The Morgan fingerprint density at radius 1 is 1.30 bits per heavy atom. The second-order valence-corrected chi connectivity index (χ2v) is 4.79. The number of hydrogen-bond acceptors (Lipinski definition) is 3. The molecule has 5 heteroatoms. The van der Waals surface area contributed by atoms with Crippen LogP contribution in [-0.2, 0) is 0 Å². The minimum atomic E-state index is -0.285. The molecule has 0 aliphatic heterocycles. The fraction of sp³-hybridized carbons (Fsp3) is 0.133. The highest BCUT2D eigenvalue weighted by Gasteiger charge is 2.12. The Morgan fingerprint density at radius 3 is 2.70 bits per heavy atom. The highest BCUT2D eigenvalue weighted by atomic mass is 35.5. The van der Waals surface area contributed by atoms with Crippen LogP contribution in [0.25, 0.3) is 0 Å². The lowest BCUT2D eigenvalue weighted by atomic mass is 10.1. The maximum atomic E-state index is 12.3. The number of benzene rings is 2. The number of carbonyl (C=O) groups is 1. The van der Waals surface area contributed by atoms with E-state index in [0.717, 1.165) is 5.56 Å². The maximum Gasteiger partial charge on any atom is 0.255 e. The Bertz CT molecular complexity index is 636. The van der Waals surface area contributed by atoms with Crippen molar-refractivity contribution in [2.24, 2.45) is 0 Å². The molecular weight excluding hydrogens is 276 g/mol. The molecule has 1 amide bonds. The first-order valence-corrected chi connectivity index (χ1v) is 6.40. The van der Waals surface area contributed by atoms with E-state index in [4.69, 9.17) is 22.1 Å². The molecule has 0 saturated carbocycles. The third-order valence-corrected chi connectivity index (χ3v) is 3.20. The summed E-state index contributed by atoms with van der Waals surface area (Å²) in [6, 6.07) is 10.3. The second kappa shape index (κ2) is 5.84. The largest absolute Gasteiger partial charge is 0.497 e. The van der Waals surface area contributed by atoms with Gasteiger partial charge in [-0.2, -0.15) is 0 Å². The van der Waals surface area contributed by atoms with Crippen molar-refractivity contribution < 1.29 is 9.53 Å². The molecule has 0 spiro atoms. The average Bonchev–Trinajstić information content (AvgIpc) is 2.42. The first kappa shape index (κ1) is 14.2. The molecule has 0 aliphatic rings. The molecule has 20 heavy (non-hydrogen) atoms.